The fraction of sp³-hybridized carbons (Fsp3) is 0.478. The molecule has 2 aliphatic carbocycles. The van der Waals surface area contributed by atoms with E-state index < -0.39 is 0 Å². The Morgan fingerprint density at radius 3 is 2.07 bits per heavy atom. The van der Waals surface area contributed by atoms with Gasteiger partial charge in [0.25, 0.3) is 0 Å². The van der Waals surface area contributed by atoms with E-state index in [4.69, 9.17) is 9.47 Å². The Kier molecular flexibility index (Phi) is 5.99. The van der Waals surface area contributed by atoms with Crippen LogP contribution in [0.5, 0.6) is 11.5 Å². The third kappa shape index (κ3) is 3.71. The van der Waals surface area contributed by atoms with Crippen LogP contribution in [0.3, 0.4) is 0 Å². The number of dihydropyridines is 1. The first kappa shape index (κ1) is 20.4. The molecule has 0 unspecified atom stereocenters. The number of carbonyl (C=O) groups excluding carboxylic acids is 2. The van der Waals surface area contributed by atoms with Crippen molar-refractivity contribution in [3.05, 3.63) is 43.8 Å². The highest BCUT2D eigenvalue weighted by Gasteiger charge is 2.40. The van der Waals surface area contributed by atoms with Crippen molar-refractivity contribution in [3.8, 4) is 11.5 Å². The SMILES string of the molecule is CCOc1cc(C2C3=C(CCCC3=O)NC3=C2C(=O)CCC3)cc(I)c1OCC. The molecule has 0 atom stereocenters. The zero-order valence-electron chi connectivity index (χ0n) is 16.9. The number of benzene rings is 1. The van der Waals surface area contributed by atoms with Gasteiger partial charge in [-0.1, -0.05) is 0 Å². The van der Waals surface area contributed by atoms with Gasteiger partial charge in [-0.05, 0) is 79.8 Å². The van der Waals surface area contributed by atoms with Gasteiger partial charge in [-0.2, -0.15) is 0 Å². The van der Waals surface area contributed by atoms with E-state index in [9.17, 15) is 9.59 Å². The molecular weight excluding hydrogens is 481 g/mol. The summed E-state index contributed by atoms with van der Waals surface area (Å²) in [6.45, 7) is 4.95. The maximum Gasteiger partial charge on any atom is 0.174 e. The number of ether oxygens (including phenoxy) is 2. The van der Waals surface area contributed by atoms with Crippen molar-refractivity contribution in [1.29, 1.82) is 0 Å². The largest absolute Gasteiger partial charge is 0.490 e. The zero-order valence-corrected chi connectivity index (χ0v) is 19.1. The summed E-state index contributed by atoms with van der Waals surface area (Å²) >= 11 is 2.25. The number of rotatable bonds is 5. The first-order chi connectivity index (χ1) is 14.0. The number of hydrogen-bond acceptors (Lipinski definition) is 5. The minimum Gasteiger partial charge on any atom is -0.490 e. The minimum atomic E-state index is -0.315. The Balaban J connectivity index is 1.90. The van der Waals surface area contributed by atoms with Crippen LogP contribution in [-0.4, -0.2) is 24.8 Å². The van der Waals surface area contributed by atoms with Crippen molar-refractivity contribution in [2.45, 2.75) is 58.3 Å². The van der Waals surface area contributed by atoms with Crippen LogP contribution < -0.4 is 14.8 Å². The molecule has 0 saturated heterocycles. The number of allylic oxidation sites excluding steroid dienone is 4. The predicted octanol–water partition coefficient (Wildman–Crippen LogP) is 4.79. The molecule has 1 aliphatic heterocycles. The standard InChI is InChI=1S/C23H26INO4/c1-3-28-19-12-13(11-14(24)23(19)29-4-2)20-21-15(7-5-9-17(21)26)25-16-8-6-10-18(27)22(16)20/h11-12,20,25H,3-10H2,1-2H3. The van der Waals surface area contributed by atoms with E-state index in [1.54, 1.807) is 0 Å². The molecule has 1 aromatic rings. The number of nitrogens with one attached hydrogen (secondary N) is 1. The Labute approximate surface area is 185 Å². The van der Waals surface area contributed by atoms with Gasteiger partial charge in [-0.15, -0.1) is 0 Å². The zero-order chi connectivity index (χ0) is 20.5. The van der Waals surface area contributed by atoms with Gasteiger partial charge in [0.05, 0.1) is 16.8 Å². The summed E-state index contributed by atoms with van der Waals surface area (Å²) < 4.78 is 12.6. The van der Waals surface area contributed by atoms with Crippen molar-refractivity contribution in [1.82, 2.24) is 5.32 Å². The minimum absolute atomic E-state index is 0.149. The summed E-state index contributed by atoms with van der Waals surface area (Å²) in [4.78, 5) is 25.9. The predicted molar refractivity (Wildman–Crippen MR) is 119 cm³/mol. The normalized spacial score (nSPS) is 19.7. The number of hydrogen-bond donors (Lipinski definition) is 1. The lowest BCUT2D eigenvalue weighted by Gasteiger charge is -2.37. The van der Waals surface area contributed by atoms with Crippen molar-refractivity contribution in [3.63, 3.8) is 0 Å². The van der Waals surface area contributed by atoms with Crippen molar-refractivity contribution < 1.29 is 19.1 Å². The van der Waals surface area contributed by atoms with Crippen molar-refractivity contribution >= 4 is 34.2 Å². The topological polar surface area (TPSA) is 64.6 Å². The summed E-state index contributed by atoms with van der Waals surface area (Å²) in [5.41, 5.74) is 4.48. The highest BCUT2D eigenvalue weighted by atomic mass is 127. The van der Waals surface area contributed by atoms with Gasteiger partial charge in [0.15, 0.2) is 23.1 Å². The van der Waals surface area contributed by atoms with Gasteiger partial charge in [0.2, 0.25) is 0 Å². The van der Waals surface area contributed by atoms with E-state index in [0.29, 0.717) is 31.8 Å². The van der Waals surface area contributed by atoms with Crippen LogP contribution in [0.2, 0.25) is 0 Å². The molecule has 0 aromatic heterocycles. The van der Waals surface area contributed by atoms with E-state index in [1.165, 1.54) is 0 Å². The molecule has 0 amide bonds. The second kappa shape index (κ2) is 8.50. The quantitative estimate of drug-likeness (QED) is 0.581. The molecule has 0 fully saturated rings. The lowest BCUT2D eigenvalue weighted by atomic mass is 9.71. The van der Waals surface area contributed by atoms with Gasteiger partial charge in [-0.25, -0.2) is 0 Å². The molecule has 0 spiro atoms. The van der Waals surface area contributed by atoms with Crippen LogP contribution >= 0.6 is 22.6 Å². The highest BCUT2D eigenvalue weighted by Crippen LogP contribution is 2.47. The van der Waals surface area contributed by atoms with Gasteiger partial charge in [0, 0.05) is 41.3 Å². The molecule has 5 nitrogen and oxygen atoms in total. The maximum absolute atomic E-state index is 13.0. The summed E-state index contributed by atoms with van der Waals surface area (Å²) in [6.07, 6.45) is 4.52. The van der Waals surface area contributed by atoms with E-state index in [2.05, 4.69) is 27.9 Å². The first-order valence-electron chi connectivity index (χ1n) is 10.4. The van der Waals surface area contributed by atoms with E-state index in [-0.39, 0.29) is 17.5 Å². The van der Waals surface area contributed by atoms with Crippen LogP contribution in [-0.2, 0) is 9.59 Å². The monoisotopic (exact) mass is 507 g/mol. The molecule has 0 radical (unpaired) electrons. The molecule has 154 valence electrons. The average molecular weight is 507 g/mol. The number of carbonyl (C=O) groups is 2. The third-order valence-corrected chi connectivity index (χ3v) is 6.55. The molecule has 0 bridgehead atoms. The number of Topliss-reactive ketones (excluding diaryl/α,β-unsaturated/α-hetero) is 2. The third-order valence-electron chi connectivity index (χ3n) is 5.75. The summed E-state index contributed by atoms with van der Waals surface area (Å²) in [7, 11) is 0. The first-order valence-corrected chi connectivity index (χ1v) is 11.5. The maximum atomic E-state index is 13.0. The van der Waals surface area contributed by atoms with Gasteiger partial charge < -0.3 is 14.8 Å². The van der Waals surface area contributed by atoms with Gasteiger partial charge in [-0.3, -0.25) is 9.59 Å². The van der Waals surface area contributed by atoms with Crippen LogP contribution in [0.25, 0.3) is 0 Å². The van der Waals surface area contributed by atoms with Crippen LogP contribution in [0.15, 0.2) is 34.7 Å². The lowest BCUT2D eigenvalue weighted by Crippen LogP contribution is -2.36. The van der Waals surface area contributed by atoms with Crippen LogP contribution in [0.1, 0.15) is 63.9 Å². The molecule has 1 heterocycles. The molecule has 1 aromatic carbocycles. The molecule has 3 aliphatic rings. The second-order valence-electron chi connectivity index (χ2n) is 7.59. The van der Waals surface area contributed by atoms with Crippen molar-refractivity contribution in [2.75, 3.05) is 13.2 Å². The Hall–Kier alpha value is -1.83. The molecule has 0 saturated carbocycles. The molecule has 6 heteroatoms. The van der Waals surface area contributed by atoms with Crippen molar-refractivity contribution in [2.24, 2.45) is 0 Å². The van der Waals surface area contributed by atoms with Crippen LogP contribution in [0, 0.1) is 3.57 Å². The Morgan fingerprint density at radius 2 is 1.52 bits per heavy atom. The van der Waals surface area contributed by atoms with Crippen LogP contribution in [0.4, 0.5) is 0 Å². The Bertz CT molecular complexity index is 889. The van der Waals surface area contributed by atoms with E-state index in [1.807, 2.05) is 26.0 Å². The van der Waals surface area contributed by atoms with Gasteiger partial charge >= 0.3 is 0 Å². The number of halogens is 1. The fourth-order valence-electron chi connectivity index (χ4n) is 4.62. The summed E-state index contributed by atoms with van der Waals surface area (Å²) in [5.74, 6) is 1.38. The second-order valence-corrected chi connectivity index (χ2v) is 8.75. The number of ketones is 2. The molecular formula is C23H26INO4. The summed E-state index contributed by atoms with van der Waals surface area (Å²) in [6, 6.07) is 4.01. The Morgan fingerprint density at radius 1 is 0.931 bits per heavy atom. The van der Waals surface area contributed by atoms with Gasteiger partial charge in [0.1, 0.15) is 0 Å². The molecule has 29 heavy (non-hydrogen) atoms. The van der Waals surface area contributed by atoms with E-state index in [0.717, 1.165) is 63.1 Å². The summed E-state index contributed by atoms with van der Waals surface area (Å²) in [5, 5.41) is 3.46. The lowest BCUT2D eigenvalue weighted by molar-refractivity contribution is -0.116. The smallest absolute Gasteiger partial charge is 0.174 e. The van der Waals surface area contributed by atoms with E-state index >= 15 is 0 Å². The average Bonchev–Trinajstić information content (AvgIpc) is 2.69. The fourth-order valence-corrected chi connectivity index (χ4v) is 5.40. The highest BCUT2D eigenvalue weighted by molar-refractivity contribution is 14.1. The molecule has 4 rings (SSSR count). The molecule has 1 N–H and O–H groups in total.